The lowest BCUT2D eigenvalue weighted by molar-refractivity contribution is -0.138. The van der Waals surface area contributed by atoms with E-state index in [0.29, 0.717) is 13.0 Å². The number of benzene rings is 1. The Morgan fingerprint density at radius 3 is 2.40 bits per heavy atom. The highest BCUT2D eigenvalue weighted by Gasteiger charge is 2.35. The summed E-state index contributed by atoms with van der Waals surface area (Å²) in [5.74, 6) is -0.633. The molecule has 0 aliphatic heterocycles. The number of hydrogen-bond donors (Lipinski definition) is 1. The molecule has 0 aromatic heterocycles. The van der Waals surface area contributed by atoms with Gasteiger partial charge in [-0.2, -0.15) is 13.2 Å². The Morgan fingerprint density at radius 1 is 1.15 bits per heavy atom. The Balaban J connectivity index is 3.07. The molecule has 0 saturated heterocycles. The molecule has 0 heterocycles. The largest absolute Gasteiger partial charge is 0.416 e. The average molecular weight is 291 g/mol. The molecule has 20 heavy (non-hydrogen) atoms. The van der Waals surface area contributed by atoms with Crippen molar-refractivity contribution in [2.75, 3.05) is 6.54 Å². The zero-order valence-corrected chi connectivity index (χ0v) is 11.9. The second-order valence-corrected chi connectivity index (χ2v) is 4.84. The lowest BCUT2D eigenvalue weighted by Gasteiger charge is -2.22. The highest BCUT2D eigenvalue weighted by atomic mass is 19.4. The number of alkyl halides is 3. The van der Waals surface area contributed by atoms with Crippen LogP contribution in [0.15, 0.2) is 18.2 Å². The monoisotopic (exact) mass is 291 g/mol. The Labute approximate surface area is 117 Å². The van der Waals surface area contributed by atoms with Crippen LogP contribution in [-0.4, -0.2) is 6.54 Å². The van der Waals surface area contributed by atoms with E-state index in [-0.39, 0.29) is 5.56 Å². The van der Waals surface area contributed by atoms with Crippen LogP contribution in [0.25, 0.3) is 0 Å². The first-order valence-electron chi connectivity index (χ1n) is 7.00. The van der Waals surface area contributed by atoms with E-state index in [2.05, 4.69) is 5.32 Å². The Hall–Kier alpha value is -1.10. The second kappa shape index (κ2) is 7.62. The second-order valence-electron chi connectivity index (χ2n) is 4.84. The Morgan fingerprint density at radius 2 is 1.85 bits per heavy atom. The van der Waals surface area contributed by atoms with Crippen LogP contribution in [-0.2, 0) is 6.18 Å². The number of rotatable bonds is 7. The van der Waals surface area contributed by atoms with Gasteiger partial charge in [0.05, 0.1) is 5.56 Å². The van der Waals surface area contributed by atoms with Gasteiger partial charge in [-0.05, 0) is 36.7 Å². The summed E-state index contributed by atoms with van der Waals surface area (Å²) in [4.78, 5) is 0. The van der Waals surface area contributed by atoms with Crippen LogP contribution in [0, 0.1) is 5.82 Å². The first kappa shape index (κ1) is 17.0. The van der Waals surface area contributed by atoms with Gasteiger partial charge in [-0.25, -0.2) is 4.39 Å². The van der Waals surface area contributed by atoms with Crippen LogP contribution in [0.1, 0.15) is 56.7 Å². The molecule has 0 spiro atoms. The molecule has 1 rings (SSSR count). The molecule has 0 saturated carbocycles. The fraction of sp³-hybridized carbons (Fsp3) is 0.600. The van der Waals surface area contributed by atoms with Crippen molar-refractivity contribution in [1.29, 1.82) is 0 Å². The summed E-state index contributed by atoms with van der Waals surface area (Å²) in [6, 6.07) is 2.23. The fourth-order valence-electron chi connectivity index (χ4n) is 2.29. The predicted octanol–water partition coefficient (Wildman–Crippen LogP) is 5.08. The molecule has 0 fully saturated rings. The number of nitrogens with one attached hydrogen (secondary N) is 1. The zero-order chi connectivity index (χ0) is 15.2. The molecule has 0 amide bonds. The van der Waals surface area contributed by atoms with Crippen LogP contribution in [0.3, 0.4) is 0 Å². The van der Waals surface area contributed by atoms with Gasteiger partial charge in [0.25, 0.3) is 0 Å². The summed E-state index contributed by atoms with van der Waals surface area (Å²) in [6.07, 6.45) is -1.11. The van der Waals surface area contributed by atoms with Crippen LogP contribution in [0.5, 0.6) is 0 Å². The molecule has 0 radical (unpaired) electrons. The van der Waals surface area contributed by atoms with E-state index in [0.717, 1.165) is 37.5 Å². The van der Waals surface area contributed by atoms with Crippen LogP contribution < -0.4 is 5.32 Å². The molecule has 1 aromatic carbocycles. The minimum atomic E-state index is -4.46. The molecule has 1 unspecified atom stereocenters. The van der Waals surface area contributed by atoms with Gasteiger partial charge in [-0.3, -0.25) is 0 Å². The first-order chi connectivity index (χ1) is 9.40. The third kappa shape index (κ3) is 4.78. The average Bonchev–Trinajstić information content (AvgIpc) is 2.36. The molecule has 1 N–H and O–H groups in total. The van der Waals surface area contributed by atoms with Gasteiger partial charge in [0, 0.05) is 6.04 Å². The van der Waals surface area contributed by atoms with Crippen LogP contribution >= 0.6 is 0 Å². The smallest absolute Gasteiger partial charge is 0.310 e. The van der Waals surface area contributed by atoms with Gasteiger partial charge in [0.1, 0.15) is 5.82 Å². The molecule has 0 bridgehead atoms. The summed E-state index contributed by atoms with van der Waals surface area (Å²) < 4.78 is 52.4. The topological polar surface area (TPSA) is 12.0 Å². The number of halogens is 4. The van der Waals surface area contributed by atoms with E-state index >= 15 is 0 Å². The lowest BCUT2D eigenvalue weighted by Crippen LogP contribution is -2.24. The molecule has 114 valence electrons. The maximum Gasteiger partial charge on any atom is 0.416 e. The molecule has 5 heteroatoms. The van der Waals surface area contributed by atoms with Crippen molar-refractivity contribution in [3.05, 3.63) is 35.1 Å². The van der Waals surface area contributed by atoms with E-state index in [1.54, 1.807) is 0 Å². The van der Waals surface area contributed by atoms with Gasteiger partial charge in [-0.1, -0.05) is 33.1 Å². The number of unbranched alkanes of at least 4 members (excludes halogenated alkanes) is 2. The molecular formula is C15H21F4N. The van der Waals surface area contributed by atoms with Crippen molar-refractivity contribution in [1.82, 2.24) is 5.32 Å². The summed E-state index contributed by atoms with van der Waals surface area (Å²) >= 11 is 0. The van der Waals surface area contributed by atoms with Crippen LogP contribution in [0.4, 0.5) is 17.6 Å². The predicted molar refractivity (Wildman–Crippen MR) is 72.0 cm³/mol. The maximum atomic E-state index is 13.3. The van der Waals surface area contributed by atoms with Gasteiger partial charge in [0.15, 0.2) is 0 Å². The van der Waals surface area contributed by atoms with Crippen molar-refractivity contribution >= 4 is 0 Å². The summed E-state index contributed by atoms with van der Waals surface area (Å²) in [7, 11) is 0. The van der Waals surface area contributed by atoms with Gasteiger partial charge >= 0.3 is 6.18 Å². The van der Waals surface area contributed by atoms with Gasteiger partial charge in [-0.15, -0.1) is 0 Å². The van der Waals surface area contributed by atoms with Crippen molar-refractivity contribution in [3.63, 3.8) is 0 Å². The zero-order valence-electron chi connectivity index (χ0n) is 11.9. The minimum Gasteiger partial charge on any atom is -0.310 e. The van der Waals surface area contributed by atoms with E-state index in [9.17, 15) is 17.6 Å². The van der Waals surface area contributed by atoms with E-state index in [1.807, 2.05) is 13.8 Å². The molecule has 0 aliphatic carbocycles. The van der Waals surface area contributed by atoms with Crippen molar-refractivity contribution in [2.45, 2.75) is 51.7 Å². The lowest BCUT2D eigenvalue weighted by atomic mass is 9.95. The molecule has 1 atom stereocenters. The van der Waals surface area contributed by atoms with E-state index in [4.69, 9.17) is 0 Å². The van der Waals surface area contributed by atoms with Crippen molar-refractivity contribution in [3.8, 4) is 0 Å². The third-order valence-electron chi connectivity index (χ3n) is 3.24. The highest BCUT2D eigenvalue weighted by molar-refractivity contribution is 5.33. The molecular weight excluding hydrogens is 270 g/mol. The molecule has 1 aromatic rings. The molecule has 0 aliphatic rings. The normalized spacial score (nSPS) is 13.5. The summed E-state index contributed by atoms with van der Waals surface area (Å²) in [5.41, 5.74) is -0.739. The standard InChI is InChI=1S/C15H21F4N/c1-3-5-6-7-14(20-4-2)12-10-11(16)8-9-13(12)15(17,18)19/h8-10,14,20H,3-7H2,1-2H3. The Kier molecular flexibility index (Phi) is 6.46. The van der Waals surface area contributed by atoms with Gasteiger partial charge < -0.3 is 5.32 Å². The quantitative estimate of drug-likeness (QED) is 0.546. The van der Waals surface area contributed by atoms with Crippen molar-refractivity contribution in [2.24, 2.45) is 0 Å². The minimum absolute atomic E-state index is 0.00968. The maximum absolute atomic E-state index is 13.3. The van der Waals surface area contributed by atoms with E-state index in [1.165, 1.54) is 0 Å². The van der Waals surface area contributed by atoms with E-state index < -0.39 is 23.6 Å². The number of hydrogen-bond acceptors (Lipinski definition) is 1. The SMILES string of the molecule is CCCCCC(NCC)c1cc(F)ccc1C(F)(F)F. The van der Waals surface area contributed by atoms with Crippen LogP contribution in [0.2, 0.25) is 0 Å². The highest BCUT2D eigenvalue weighted by Crippen LogP contribution is 2.36. The fourth-order valence-corrected chi connectivity index (χ4v) is 2.29. The van der Waals surface area contributed by atoms with Crippen molar-refractivity contribution < 1.29 is 17.6 Å². The Bertz CT molecular complexity index is 415. The first-order valence-corrected chi connectivity index (χ1v) is 7.00. The molecule has 1 nitrogen and oxygen atoms in total. The third-order valence-corrected chi connectivity index (χ3v) is 3.24. The summed E-state index contributed by atoms with van der Waals surface area (Å²) in [6.45, 7) is 4.41. The summed E-state index contributed by atoms with van der Waals surface area (Å²) in [5, 5.41) is 3.03. The van der Waals surface area contributed by atoms with Gasteiger partial charge in [0.2, 0.25) is 0 Å².